The Kier molecular flexibility index (Phi) is 8.17. The fourth-order valence-corrected chi connectivity index (χ4v) is 3.97. The number of amides is 1. The average Bonchev–Trinajstić information content (AvgIpc) is 2.86. The molecule has 1 aliphatic heterocycles. The van der Waals surface area contributed by atoms with Gasteiger partial charge < -0.3 is 16.4 Å². The van der Waals surface area contributed by atoms with E-state index in [0.717, 1.165) is 50.5 Å². The van der Waals surface area contributed by atoms with Crippen LogP contribution in [0.15, 0.2) is 48.8 Å². The van der Waals surface area contributed by atoms with Gasteiger partial charge in [-0.15, -0.1) is 0 Å². The predicted molar refractivity (Wildman–Crippen MR) is 135 cm³/mol. The minimum atomic E-state index is -0.327. The molecule has 184 valence electrons. The summed E-state index contributed by atoms with van der Waals surface area (Å²) in [7, 11) is 0. The van der Waals surface area contributed by atoms with Crippen molar-refractivity contribution in [3.05, 3.63) is 60.2 Å². The molecule has 0 bridgehead atoms. The molecule has 0 aliphatic carbocycles. The molecular formula is C25H31FN8O. The molecule has 0 radical (unpaired) electrons. The number of carbonyl (C=O) groups is 1. The average molecular weight is 479 g/mol. The van der Waals surface area contributed by atoms with E-state index in [1.807, 2.05) is 23.1 Å². The lowest BCUT2D eigenvalue weighted by Gasteiger charge is -2.34. The molecule has 35 heavy (non-hydrogen) atoms. The third-order valence-electron chi connectivity index (χ3n) is 5.83. The van der Waals surface area contributed by atoms with Crippen LogP contribution in [0.3, 0.4) is 0 Å². The highest BCUT2D eigenvalue weighted by atomic mass is 19.1. The van der Waals surface area contributed by atoms with Crippen molar-refractivity contribution >= 4 is 23.4 Å². The molecule has 1 amide bonds. The molecule has 0 atom stereocenters. The molecule has 0 saturated carbocycles. The SMILES string of the molecule is CCCNc1ccc(-c2ccnc(Nc3cccc(CN4CCN(CC(N)=O)CC4)c3F)n2)cn1. The maximum Gasteiger partial charge on any atom is 0.231 e. The van der Waals surface area contributed by atoms with E-state index in [1.54, 1.807) is 30.6 Å². The number of anilines is 3. The van der Waals surface area contributed by atoms with E-state index < -0.39 is 0 Å². The maximum atomic E-state index is 15.3. The first-order valence-electron chi connectivity index (χ1n) is 11.8. The van der Waals surface area contributed by atoms with Crippen LogP contribution in [0.2, 0.25) is 0 Å². The van der Waals surface area contributed by atoms with Crippen molar-refractivity contribution in [2.75, 3.05) is 49.9 Å². The number of aromatic nitrogens is 3. The normalized spacial score (nSPS) is 14.6. The third-order valence-corrected chi connectivity index (χ3v) is 5.83. The number of nitrogens with zero attached hydrogens (tertiary/aromatic N) is 5. The lowest BCUT2D eigenvalue weighted by atomic mass is 10.1. The number of hydrogen-bond donors (Lipinski definition) is 3. The summed E-state index contributed by atoms with van der Waals surface area (Å²) in [6, 6.07) is 10.9. The largest absolute Gasteiger partial charge is 0.370 e. The van der Waals surface area contributed by atoms with Gasteiger partial charge in [-0.25, -0.2) is 19.3 Å². The Hall–Kier alpha value is -3.63. The van der Waals surface area contributed by atoms with E-state index in [9.17, 15) is 4.79 Å². The quantitative estimate of drug-likeness (QED) is 0.408. The van der Waals surface area contributed by atoms with Crippen LogP contribution < -0.4 is 16.4 Å². The number of piperazine rings is 1. The first-order chi connectivity index (χ1) is 17.0. The summed E-state index contributed by atoms with van der Waals surface area (Å²) < 4.78 is 15.3. The fourth-order valence-electron chi connectivity index (χ4n) is 3.97. The van der Waals surface area contributed by atoms with Gasteiger partial charge in [-0.1, -0.05) is 19.1 Å². The number of rotatable bonds is 10. The lowest BCUT2D eigenvalue weighted by molar-refractivity contribution is -0.119. The summed E-state index contributed by atoms with van der Waals surface area (Å²) >= 11 is 0. The summed E-state index contributed by atoms with van der Waals surface area (Å²) in [6.45, 7) is 6.66. The number of benzene rings is 1. The Morgan fingerprint density at radius 1 is 1.09 bits per heavy atom. The first kappa shape index (κ1) is 24.5. The molecule has 10 heteroatoms. The number of nitrogens with one attached hydrogen (secondary N) is 2. The van der Waals surface area contributed by atoms with Crippen LogP contribution >= 0.6 is 0 Å². The second-order valence-corrected chi connectivity index (χ2v) is 8.55. The van der Waals surface area contributed by atoms with Crippen LogP contribution in [-0.2, 0) is 11.3 Å². The highest BCUT2D eigenvalue weighted by molar-refractivity contribution is 5.75. The van der Waals surface area contributed by atoms with Crippen LogP contribution in [-0.4, -0.2) is 69.9 Å². The van der Waals surface area contributed by atoms with Gasteiger partial charge in [0, 0.05) is 62.8 Å². The highest BCUT2D eigenvalue weighted by Gasteiger charge is 2.20. The molecule has 3 aromatic rings. The molecule has 1 aromatic carbocycles. The molecular weight excluding hydrogens is 447 g/mol. The van der Waals surface area contributed by atoms with E-state index in [0.29, 0.717) is 29.4 Å². The van der Waals surface area contributed by atoms with Gasteiger partial charge >= 0.3 is 0 Å². The van der Waals surface area contributed by atoms with Crippen LogP contribution in [0.1, 0.15) is 18.9 Å². The summed E-state index contributed by atoms with van der Waals surface area (Å²) in [5.41, 5.74) is 7.74. The lowest BCUT2D eigenvalue weighted by Crippen LogP contribution is -2.48. The number of halogens is 1. The van der Waals surface area contributed by atoms with Crippen LogP contribution in [0, 0.1) is 5.82 Å². The van der Waals surface area contributed by atoms with Crippen LogP contribution in [0.5, 0.6) is 0 Å². The highest BCUT2D eigenvalue weighted by Crippen LogP contribution is 2.24. The zero-order valence-corrected chi connectivity index (χ0v) is 19.9. The molecule has 0 unspecified atom stereocenters. The summed E-state index contributed by atoms with van der Waals surface area (Å²) in [4.78, 5) is 28.5. The molecule has 3 heterocycles. The van der Waals surface area contributed by atoms with Crippen molar-refractivity contribution in [1.29, 1.82) is 0 Å². The Morgan fingerprint density at radius 3 is 2.60 bits per heavy atom. The first-order valence-corrected chi connectivity index (χ1v) is 11.8. The second kappa shape index (κ2) is 11.7. The van der Waals surface area contributed by atoms with Crippen molar-refractivity contribution in [3.8, 4) is 11.3 Å². The third kappa shape index (κ3) is 6.71. The summed E-state index contributed by atoms with van der Waals surface area (Å²) in [5, 5.41) is 6.26. The van der Waals surface area contributed by atoms with E-state index in [-0.39, 0.29) is 18.3 Å². The van der Waals surface area contributed by atoms with Crippen LogP contribution in [0.25, 0.3) is 11.3 Å². The predicted octanol–water partition coefficient (Wildman–Crippen LogP) is 2.85. The van der Waals surface area contributed by atoms with E-state index in [4.69, 9.17) is 5.73 Å². The number of hydrogen-bond acceptors (Lipinski definition) is 8. The van der Waals surface area contributed by atoms with Gasteiger partial charge in [-0.05, 0) is 30.7 Å². The molecule has 1 saturated heterocycles. The molecule has 9 nitrogen and oxygen atoms in total. The smallest absolute Gasteiger partial charge is 0.231 e. The van der Waals surface area contributed by atoms with Crippen molar-refractivity contribution in [2.24, 2.45) is 5.73 Å². The van der Waals surface area contributed by atoms with Gasteiger partial charge in [-0.3, -0.25) is 14.6 Å². The standard InChI is InChI=1S/C25H31FN8O/c1-2-9-28-23-7-6-18(15-30-23)20-8-10-29-25(31-20)32-21-5-3-4-19(24(21)26)16-33-11-13-34(14-12-33)17-22(27)35/h3-8,10,15H,2,9,11-14,16-17H2,1H3,(H2,27,35)(H,28,30)(H,29,31,32). The zero-order valence-electron chi connectivity index (χ0n) is 19.9. The Morgan fingerprint density at radius 2 is 1.89 bits per heavy atom. The van der Waals surface area contributed by atoms with Gasteiger partial charge in [-0.2, -0.15) is 0 Å². The Labute approximate surface area is 204 Å². The molecule has 4 rings (SSSR count). The molecule has 0 spiro atoms. The molecule has 1 fully saturated rings. The molecule has 1 aliphatic rings. The zero-order chi connectivity index (χ0) is 24.6. The van der Waals surface area contributed by atoms with E-state index in [2.05, 4.69) is 37.4 Å². The van der Waals surface area contributed by atoms with Gasteiger partial charge in [0.1, 0.15) is 5.82 Å². The molecule has 2 aromatic heterocycles. The van der Waals surface area contributed by atoms with Gasteiger partial charge in [0.05, 0.1) is 17.9 Å². The van der Waals surface area contributed by atoms with Gasteiger partial charge in [0.2, 0.25) is 11.9 Å². The van der Waals surface area contributed by atoms with E-state index >= 15 is 4.39 Å². The monoisotopic (exact) mass is 478 g/mol. The minimum absolute atomic E-state index is 0.261. The van der Waals surface area contributed by atoms with Gasteiger partial charge in [0.15, 0.2) is 5.82 Å². The number of pyridine rings is 1. The Bertz CT molecular complexity index is 1130. The second-order valence-electron chi connectivity index (χ2n) is 8.55. The summed E-state index contributed by atoms with van der Waals surface area (Å²) in [6.07, 6.45) is 4.42. The van der Waals surface area contributed by atoms with E-state index in [1.165, 1.54) is 0 Å². The molecule has 4 N–H and O–H groups in total. The number of primary amides is 1. The number of nitrogens with two attached hydrogens (primary N) is 1. The van der Waals surface area contributed by atoms with Crippen molar-refractivity contribution in [2.45, 2.75) is 19.9 Å². The topological polar surface area (TPSA) is 112 Å². The minimum Gasteiger partial charge on any atom is -0.370 e. The number of carbonyl (C=O) groups excluding carboxylic acids is 1. The van der Waals surface area contributed by atoms with Crippen molar-refractivity contribution < 1.29 is 9.18 Å². The fraction of sp³-hybridized carbons (Fsp3) is 0.360. The Balaban J connectivity index is 1.41. The summed E-state index contributed by atoms with van der Waals surface area (Å²) in [5.74, 6) is 0.476. The van der Waals surface area contributed by atoms with Crippen molar-refractivity contribution in [3.63, 3.8) is 0 Å². The van der Waals surface area contributed by atoms with Crippen molar-refractivity contribution in [1.82, 2.24) is 24.8 Å². The van der Waals surface area contributed by atoms with Gasteiger partial charge in [0.25, 0.3) is 0 Å². The maximum absolute atomic E-state index is 15.3. The van der Waals surface area contributed by atoms with Crippen LogP contribution in [0.4, 0.5) is 21.8 Å².